The summed E-state index contributed by atoms with van der Waals surface area (Å²) in [6.07, 6.45) is -1.03. The van der Waals surface area contributed by atoms with Crippen molar-refractivity contribution in [3.05, 3.63) is 52.5 Å². The lowest BCUT2D eigenvalue weighted by Crippen LogP contribution is -2.56. The number of methoxy groups -OCH3 is 2. The van der Waals surface area contributed by atoms with Gasteiger partial charge in [0, 0.05) is 10.2 Å². The molecule has 1 amide bonds. The maximum absolute atomic E-state index is 12.5. The molecule has 0 aromatic heterocycles. The van der Waals surface area contributed by atoms with Crippen LogP contribution in [0.15, 0.2) is 46.9 Å². The molecule has 0 saturated carbocycles. The first-order valence-electron chi connectivity index (χ1n) is 8.52. The van der Waals surface area contributed by atoms with Crippen LogP contribution in [0.5, 0.6) is 11.5 Å². The first-order valence-corrected chi connectivity index (χ1v) is 10.9. The normalized spacial score (nSPS) is 11.9. The molecular weight excluding hydrogens is 537 g/mol. The van der Waals surface area contributed by atoms with Gasteiger partial charge in [-0.2, -0.15) is 0 Å². The van der Waals surface area contributed by atoms with Gasteiger partial charge >= 0.3 is 0 Å². The van der Waals surface area contributed by atoms with Crippen LogP contribution >= 0.6 is 63.0 Å². The van der Waals surface area contributed by atoms with Crippen molar-refractivity contribution in [2.45, 2.75) is 16.4 Å². The highest BCUT2D eigenvalue weighted by atomic mass is 79.9. The zero-order valence-corrected chi connectivity index (χ0v) is 20.6. The number of hydrogen-bond acceptors (Lipinski definition) is 4. The minimum atomic E-state index is -1.85. The van der Waals surface area contributed by atoms with Crippen LogP contribution in [0.4, 0.5) is 5.69 Å². The zero-order chi connectivity index (χ0) is 22.3. The number of rotatable bonds is 7. The number of anilines is 1. The molecule has 0 radical (unpaired) electrons. The molecule has 0 bridgehead atoms. The Hall–Kier alpha value is -1.45. The molecule has 1 atom stereocenters. The van der Waals surface area contributed by atoms with Crippen LogP contribution in [0.25, 0.3) is 0 Å². The Labute approximate surface area is 203 Å². The fraction of sp³-hybridized carbons (Fsp3) is 0.263. The van der Waals surface area contributed by atoms with E-state index in [0.29, 0.717) is 17.1 Å². The van der Waals surface area contributed by atoms with Crippen molar-refractivity contribution in [3.8, 4) is 11.5 Å². The average Bonchev–Trinajstić information content (AvgIpc) is 2.66. The molecular formula is C19H19BrCl3N3O3S. The molecule has 30 heavy (non-hydrogen) atoms. The van der Waals surface area contributed by atoms with Crippen molar-refractivity contribution in [2.24, 2.45) is 0 Å². The van der Waals surface area contributed by atoms with Gasteiger partial charge in [0.1, 0.15) is 6.17 Å². The van der Waals surface area contributed by atoms with E-state index >= 15 is 0 Å². The third-order valence-electron chi connectivity index (χ3n) is 3.80. The molecule has 0 aliphatic rings. The minimum Gasteiger partial charge on any atom is -0.493 e. The Balaban J connectivity index is 2.03. The Bertz CT molecular complexity index is 912. The SMILES string of the molecule is COc1ccc(CC(=O)NC(NC(=S)Nc2cccc(Br)c2)C(Cl)(Cl)Cl)cc1OC. The second-order valence-corrected chi connectivity index (χ2v) is 9.71. The van der Waals surface area contributed by atoms with Gasteiger partial charge < -0.3 is 25.4 Å². The smallest absolute Gasteiger partial charge is 0.228 e. The summed E-state index contributed by atoms with van der Waals surface area (Å²) >= 11 is 26.7. The lowest BCUT2D eigenvalue weighted by Gasteiger charge is -2.28. The van der Waals surface area contributed by atoms with Gasteiger partial charge in [-0.1, -0.05) is 62.9 Å². The summed E-state index contributed by atoms with van der Waals surface area (Å²) in [6, 6.07) is 12.5. The molecule has 0 aliphatic heterocycles. The number of benzene rings is 2. The fourth-order valence-corrected chi connectivity index (χ4v) is 3.41. The van der Waals surface area contributed by atoms with Gasteiger partial charge in [0.2, 0.25) is 9.70 Å². The molecule has 3 N–H and O–H groups in total. The van der Waals surface area contributed by atoms with Crippen LogP contribution in [-0.4, -0.2) is 35.2 Å². The van der Waals surface area contributed by atoms with Gasteiger partial charge in [-0.25, -0.2) is 0 Å². The topological polar surface area (TPSA) is 71.6 Å². The van der Waals surface area contributed by atoms with Gasteiger partial charge in [0.05, 0.1) is 20.6 Å². The molecule has 0 fully saturated rings. The summed E-state index contributed by atoms with van der Waals surface area (Å²) in [5.74, 6) is 0.695. The van der Waals surface area contributed by atoms with E-state index in [0.717, 1.165) is 10.2 Å². The lowest BCUT2D eigenvalue weighted by atomic mass is 10.1. The van der Waals surface area contributed by atoms with E-state index in [1.165, 1.54) is 14.2 Å². The van der Waals surface area contributed by atoms with E-state index in [4.69, 9.17) is 56.5 Å². The van der Waals surface area contributed by atoms with E-state index in [1.807, 2.05) is 24.3 Å². The van der Waals surface area contributed by atoms with Gasteiger partial charge in [0.15, 0.2) is 16.6 Å². The molecule has 0 aliphatic carbocycles. The summed E-state index contributed by atoms with van der Waals surface area (Å²) in [5, 5.41) is 8.61. The van der Waals surface area contributed by atoms with Crippen molar-refractivity contribution < 1.29 is 14.3 Å². The average molecular weight is 556 g/mol. The number of ether oxygens (including phenoxy) is 2. The van der Waals surface area contributed by atoms with Crippen molar-refractivity contribution in [3.63, 3.8) is 0 Å². The Kier molecular flexibility index (Phi) is 9.31. The van der Waals surface area contributed by atoms with E-state index in [1.54, 1.807) is 18.2 Å². The molecule has 2 rings (SSSR count). The predicted octanol–water partition coefficient (Wildman–Crippen LogP) is 4.81. The third kappa shape index (κ3) is 7.67. The molecule has 2 aromatic carbocycles. The number of carbonyl (C=O) groups is 1. The van der Waals surface area contributed by atoms with Crippen molar-refractivity contribution >= 4 is 79.7 Å². The van der Waals surface area contributed by atoms with Gasteiger partial charge in [0.25, 0.3) is 0 Å². The molecule has 0 spiro atoms. The summed E-state index contributed by atoms with van der Waals surface area (Å²) < 4.78 is 9.46. The van der Waals surface area contributed by atoms with Gasteiger partial charge in [-0.05, 0) is 48.1 Å². The van der Waals surface area contributed by atoms with Crippen molar-refractivity contribution in [1.82, 2.24) is 10.6 Å². The first-order chi connectivity index (χ1) is 14.1. The summed E-state index contributed by atoms with van der Waals surface area (Å²) in [7, 11) is 3.05. The quantitative estimate of drug-likeness (QED) is 0.259. The van der Waals surface area contributed by atoms with Gasteiger partial charge in [-0.15, -0.1) is 0 Å². The number of carbonyl (C=O) groups excluding carboxylic acids is 1. The fourth-order valence-electron chi connectivity index (χ4n) is 2.45. The highest BCUT2D eigenvalue weighted by molar-refractivity contribution is 9.10. The maximum atomic E-state index is 12.5. The van der Waals surface area contributed by atoms with Crippen LogP contribution in [0.1, 0.15) is 5.56 Å². The molecule has 0 heterocycles. The number of hydrogen-bond donors (Lipinski definition) is 3. The van der Waals surface area contributed by atoms with E-state index in [-0.39, 0.29) is 17.4 Å². The highest BCUT2D eigenvalue weighted by Crippen LogP contribution is 2.30. The minimum absolute atomic E-state index is 0.0328. The summed E-state index contributed by atoms with van der Waals surface area (Å²) in [6.45, 7) is 0. The van der Waals surface area contributed by atoms with Crippen molar-refractivity contribution in [2.75, 3.05) is 19.5 Å². The van der Waals surface area contributed by atoms with E-state index in [9.17, 15) is 4.79 Å². The number of halogens is 4. The number of amides is 1. The number of nitrogens with one attached hydrogen (secondary N) is 3. The third-order valence-corrected chi connectivity index (χ3v) is 5.17. The zero-order valence-electron chi connectivity index (χ0n) is 16.0. The van der Waals surface area contributed by atoms with Crippen molar-refractivity contribution in [1.29, 1.82) is 0 Å². The van der Waals surface area contributed by atoms with Crippen LogP contribution in [0.3, 0.4) is 0 Å². The lowest BCUT2D eigenvalue weighted by molar-refractivity contribution is -0.121. The van der Waals surface area contributed by atoms with E-state index in [2.05, 4.69) is 31.9 Å². The summed E-state index contributed by atoms with van der Waals surface area (Å²) in [4.78, 5) is 12.5. The molecule has 11 heteroatoms. The first kappa shape index (κ1) is 24.8. The second-order valence-electron chi connectivity index (χ2n) is 6.02. The number of thiocarbonyl (C=S) groups is 1. The molecule has 6 nitrogen and oxygen atoms in total. The monoisotopic (exact) mass is 553 g/mol. The predicted molar refractivity (Wildman–Crippen MR) is 129 cm³/mol. The summed E-state index contributed by atoms with van der Waals surface area (Å²) in [5.41, 5.74) is 1.42. The molecule has 162 valence electrons. The largest absolute Gasteiger partial charge is 0.493 e. The Morgan fingerprint density at radius 3 is 2.40 bits per heavy atom. The van der Waals surface area contributed by atoms with Crippen LogP contribution in [0.2, 0.25) is 0 Å². The van der Waals surface area contributed by atoms with Crippen LogP contribution in [-0.2, 0) is 11.2 Å². The molecule has 2 aromatic rings. The maximum Gasteiger partial charge on any atom is 0.228 e. The molecule has 0 saturated heterocycles. The van der Waals surface area contributed by atoms with Crippen LogP contribution < -0.4 is 25.4 Å². The van der Waals surface area contributed by atoms with Crippen LogP contribution in [0, 0.1) is 0 Å². The Morgan fingerprint density at radius 2 is 1.80 bits per heavy atom. The van der Waals surface area contributed by atoms with Gasteiger partial charge in [-0.3, -0.25) is 4.79 Å². The second kappa shape index (κ2) is 11.2. The number of alkyl halides is 3. The molecule has 1 unspecified atom stereocenters. The highest BCUT2D eigenvalue weighted by Gasteiger charge is 2.34. The van der Waals surface area contributed by atoms with E-state index < -0.39 is 9.96 Å². The standard InChI is InChI=1S/C19H19BrCl3N3O3S/c1-28-14-7-6-11(8-15(14)29-2)9-16(27)25-17(19(21,22)23)26-18(30)24-13-5-3-4-12(20)10-13/h3-8,10,17H,9H2,1-2H3,(H,25,27)(H2,24,26,30). The Morgan fingerprint density at radius 1 is 1.10 bits per heavy atom.